The first-order chi connectivity index (χ1) is 14.7. The molecule has 0 spiro atoms. The predicted octanol–water partition coefficient (Wildman–Crippen LogP) is 5.56. The molecule has 6 heteroatoms. The van der Waals surface area contributed by atoms with Crippen molar-refractivity contribution in [1.82, 2.24) is 4.90 Å². The number of piperidine rings is 1. The number of rotatable bonds is 4. The number of halogens is 3. The topological polar surface area (TPSA) is 43.7 Å². The molecule has 0 aromatic heterocycles. The molecule has 2 N–H and O–H groups in total. The number of hydrogen-bond acceptors (Lipinski definition) is 3. The molecule has 31 heavy (non-hydrogen) atoms. The summed E-state index contributed by atoms with van der Waals surface area (Å²) in [6.45, 7) is 1.54. The van der Waals surface area contributed by atoms with Gasteiger partial charge in [-0.3, -0.25) is 4.90 Å². The van der Waals surface area contributed by atoms with E-state index in [0.717, 1.165) is 28.8 Å². The summed E-state index contributed by atoms with van der Waals surface area (Å²) < 4.78 is 39.1. The first-order valence-electron chi connectivity index (χ1n) is 10.2. The summed E-state index contributed by atoms with van der Waals surface area (Å²) >= 11 is 0. The van der Waals surface area contributed by atoms with E-state index in [2.05, 4.69) is 4.90 Å². The Hall–Kier alpha value is -2.83. The Morgan fingerprint density at radius 1 is 0.839 bits per heavy atom. The van der Waals surface area contributed by atoms with Gasteiger partial charge in [0.2, 0.25) is 0 Å². The minimum absolute atomic E-state index is 0.207. The number of nitrogens with zero attached hydrogens (tertiary/aromatic N) is 1. The second-order valence-corrected chi connectivity index (χ2v) is 8.10. The van der Waals surface area contributed by atoms with E-state index in [1.165, 1.54) is 6.07 Å². The van der Waals surface area contributed by atoms with Gasteiger partial charge in [-0.25, -0.2) is 0 Å². The van der Waals surface area contributed by atoms with Crippen LogP contribution in [0.2, 0.25) is 0 Å². The van der Waals surface area contributed by atoms with Gasteiger partial charge in [0.1, 0.15) is 5.75 Å². The van der Waals surface area contributed by atoms with E-state index >= 15 is 0 Å². The van der Waals surface area contributed by atoms with Crippen molar-refractivity contribution in [1.29, 1.82) is 0 Å². The smallest absolute Gasteiger partial charge is 0.416 e. The number of aliphatic hydroxyl groups is 1. The Balaban J connectivity index is 1.46. The fourth-order valence-corrected chi connectivity index (χ4v) is 4.12. The van der Waals surface area contributed by atoms with Crippen molar-refractivity contribution >= 4 is 0 Å². The molecule has 3 nitrogen and oxygen atoms in total. The van der Waals surface area contributed by atoms with Crippen LogP contribution in [0, 0.1) is 0 Å². The molecule has 1 aliphatic heterocycles. The molecule has 0 bridgehead atoms. The minimum Gasteiger partial charge on any atom is -0.508 e. The minimum atomic E-state index is -4.44. The van der Waals surface area contributed by atoms with Gasteiger partial charge < -0.3 is 10.2 Å². The summed E-state index contributed by atoms with van der Waals surface area (Å²) in [5, 5.41) is 21.3. The number of phenols is 1. The molecule has 0 atom stereocenters. The van der Waals surface area contributed by atoms with Gasteiger partial charge in [0.05, 0.1) is 11.2 Å². The zero-order chi connectivity index (χ0) is 22.1. The second kappa shape index (κ2) is 8.36. The zero-order valence-corrected chi connectivity index (χ0v) is 16.9. The Morgan fingerprint density at radius 3 is 2.23 bits per heavy atom. The van der Waals surface area contributed by atoms with Crippen LogP contribution in [0.15, 0.2) is 72.8 Å². The number of likely N-dealkylation sites (tertiary alicyclic amines) is 1. The van der Waals surface area contributed by atoms with Crippen LogP contribution < -0.4 is 0 Å². The van der Waals surface area contributed by atoms with E-state index in [9.17, 15) is 23.4 Å². The van der Waals surface area contributed by atoms with E-state index < -0.39 is 17.3 Å². The predicted molar refractivity (Wildman–Crippen MR) is 113 cm³/mol. The molecule has 0 amide bonds. The highest BCUT2D eigenvalue weighted by Crippen LogP contribution is 2.37. The Morgan fingerprint density at radius 2 is 1.55 bits per heavy atom. The van der Waals surface area contributed by atoms with Crippen LogP contribution >= 0.6 is 0 Å². The first-order valence-corrected chi connectivity index (χ1v) is 10.2. The largest absolute Gasteiger partial charge is 0.508 e. The molecule has 4 rings (SSSR count). The summed E-state index contributed by atoms with van der Waals surface area (Å²) in [5.41, 5.74) is 1.11. The van der Waals surface area contributed by atoms with Crippen molar-refractivity contribution < 1.29 is 23.4 Å². The quantitative estimate of drug-likeness (QED) is 0.573. The van der Waals surface area contributed by atoms with Gasteiger partial charge in [-0.2, -0.15) is 13.2 Å². The fraction of sp³-hybridized carbons (Fsp3) is 0.280. The third-order valence-corrected chi connectivity index (χ3v) is 5.99. The van der Waals surface area contributed by atoms with Crippen molar-refractivity contribution in [3.05, 3.63) is 89.5 Å². The van der Waals surface area contributed by atoms with Crippen molar-refractivity contribution in [2.45, 2.75) is 31.2 Å². The van der Waals surface area contributed by atoms with Crippen molar-refractivity contribution in [3.8, 4) is 16.9 Å². The van der Waals surface area contributed by atoms with E-state index in [1.807, 2.05) is 42.5 Å². The van der Waals surface area contributed by atoms with Gasteiger partial charge in [-0.05, 0) is 53.8 Å². The number of phenolic OH excluding ortho intramolecular Hbond substituents is 1. The van der Waals surface area contributed by atoms with Gasteiger partial charge in [0.25, 0.3) is 0 Å². The lowest BCUT2D eigenvalue weighted by molar-refractivity contribution is -0.137. The van der Waals surface area contributed by atoms with Crippen LogP contribution in [0.4, 0.5) is 13.2 Å². The number of benzene rings is 3. The SMILES string of the molecule is Oc1ccc(-c2ccccc2)cc1CN1CCC(O)(c2cccc(C(F)(F)F)c2)CC1. The normalized spacial score (nSPS) is 16.9. The van der Waals surface area contributed by atoms with Crippen LogP contribution in [0.25, 0.3) is 11.1 Å². The van der Waals surface area contributed by atoms with E-state index in [4.69, 9.17) is 0 Å². The Bertz CT molecular complexity index is 1040. The second-order valence-electron chi connectivity index (χ2n) is 8.10. The maximum atomic E-state index is 13.0. The standard InChI is InChI=1S/C25H24F3NO2/c26-25(27,28)22-8-4-7-21(16-22)24(31)11-13-29(14-12-24)17-20-15-19(9-10-23(20)30)18-5-2-1-3-6-18/h1-10,15-16,30-31H,11-14,17H2. The third-order valence-electron chi connectivity index (χ3n) is 5.99. The van der Waals surface area contributed by atoms with Crippen LogP contribution in [-0.4, -0.2) is 28.2 Å². The maximum absolute atomic E-state index is 13.0. The number of alkyl halides is 3. The average molecular weight is 427 g/mol. The fourth-order valence-electron chi connectivity index (χ4n) is 4.12. The van der Waals surface area contributed by atoms with Crippen molar-refractivity contribution in [3.63, 3.8) is 0 Å². The summed E-state index contributed by atoms with van der Waals surface area (Å²) in [4.78, 5) is 2.10. The molecule has 0 aliphatic carbocycles. The van der Waals surface area contributed by atoms with E-state index in [0.29, 0.717) is 38.0 Å². The molecule has 1 fully saturated rings. The van der Waals surface area contributed by atoms with Gasteiger partial charge in [0.15, 0.2) is 0 Å². The van der Waals surface area contributed by atoms with Crippen LogP contribution in [0.5, 0.6) is 5.75 Å². The van der Waals surface area contributed by atoms with Crippen LogP contribution in [-0.2, 0) is 18.3 Å². The molecule has 1 heterocycles. The summed E-state index contributed by atoms with van der Waals surface area (Å²) in [6.07, 6.45) is -3.78. The number of aromatic hydroxyl groups is 1. The van der Waals surface area contributed by atoms with Gasteiger partial charge in [-0.15, -0.1) is 0 Å². The van der Waals surface area contributed by atoms with Crippen molar-refractivity contribution in [2.75, 3.05) is 13.1 Å². The lowest BCUT2D eigenvalue weighted by atomic mass is 9.83. The van der Waals surface area contributed by atoms with Gasteiger partial charge >= 0.3 is 6.18 Å². The molecule has 0 radical (unpaired) electrons. The molecular formula is C25H24F3NO2. The lowest BCUT2D eigenvalue weighted by Gasteiger charge is -2.39. The monoisotopic (exact) mass is 427 g/mol. The highest BCUT2D eigenvalue weighted by molar-refractivity contribution is 5.65. The molecule has 0 saturated carbocycles. The van der Waals surface area contributed by atoms with E-state index in [1.54, 1.807) is 12.1 Å². The molecule has 0 unspecified atom stereocenters. The first kappa shape index (κ1) is 21.4. The molecule has 3 aromatic rings. The Kier molecular flexibility index (Phi) is 5.77. The van der Waals surface area contributed by atoms with Crippen LogP contribution in [0.3, 0.4) is 0 Å². The Labute approximate surface area is 179 Å². The zero-order valence-electron chi connectivity index (χ0n) is 16.9. The summed E-state index contributed by atoms with van der Waals surface area (Å²) in [6, 6.07) is 20.4. The molecule has 1 aliphatic rings. The number of hydrogen-bond donors (Lipinski definition) is 2. The third kappa shape index (κ3) is 4.75. The van der Waals surface area contributed by atoms with Gasteiger partial charge in [-0.1, -0.05) is 48.5 Å². The molecule has 162 valence electrons. The summed E-state index contributed by atoms with van der Waals surface area (Å²) in [5.74, 6) is 0.207. The molecule has 3 aromatic carbocycles. The highest BCUT2D eigenvalue weighted by Gasteiger charge is 2.37. The summed E-state index contributed by atoms with van der Waals surface area (Å²) in [7, 11) is 0. The van der Waals surface area contributed by atoms with Crippen LogP contribution in [0.1, 0.15) is 29.5 Å². The lowest BCUT2D eigenvalue weighted by Crippen LogP contribution is -2.42. The highest BCUT2D eigenvalue weighted by atomic mass is 19.4. The molecular weight excluding hydrogens is 403 g/mol. The van der Waals surface area contributed by atoms with Gasteiger partial charge in [0, 0.05) is 25.2 Å². The maximum Gasteiger partial charge on any atom is 0.416 e. The average Bonchev–Trinajstić information content (AvgIpc) is 2.77. The van der Waals surface area contributed by atoms with Crippen molar-refractivity contribution in [2.24, 2.45) is 0 Å². The van der Waals surface area contributed by atoms with E-state index in [-0.39, 0.29) is 5.75 Å². The molecule has 1 saturated heterocycles.